The maximum Gasteiger partial charge on any atom is 0.238 e. The summed E-state index contributed by atoms with van der Waals surface area (Å²) in [5, 5.41) is 14.2. The summed E-state index contributed by atoms with van der Waals surface area (Å²) in [5.41, 5.74) is 1.65. The van der Waals surface area contributed by atoms with Gasteiger partial charge < -0.3 is 15.7 Å². The summed E-state index contributed by atoms with van der Waals surface area (Å²) in [5.74, 6) is -0.568. The fraction of sp³-hybridized carbons (Fsp3) is 0.417. The summed E-state index contributed by atoms with van der Waals surface area (Å²) in [6.45, 7) is -2.65. The number of rotatable bonds is 4. The number of aryl methyl sites for hydroxylation is 1. The molecular weight excluding hydrogens is 204 g/mol. The molecule has 0 heterocycles. The van der Waals surface area contributed by atoms with Crippen molar-refractivity contribution in [1.29, 1.82) is 0 Å². The van der Waals surface area contributed by atoms with E-state index in [0.29, 0.717) is 11.3 Å². The Bertz CT molecular complexity index is 543. The maximum absolute atomic E-state index is 11.8. The lowest BCUT2D eigenvalue weighted by Crippen LogP contribution is -2.28. The zero-order chi connectivity index (χ0) is 16.4. The van der Waals surface area contributed by atoms with Crippen LogP contribution in [0.2, 0.25) is 0 Å². The van der Waals surface area contributed by atoms with Crippen LogP contribution in [0.3, 0.4) is 0 Å². The summed E-state index contributed by atoms with van der Waals surface area (Å²) in [6, 6.07) is 3.14. The first-order valence-electron chi connectivity index (χ1n) is 7.30. The molecule has 0 radical (unpaired) electrons. The lowest BCUT2D eigenvalue weighted by Gasteiger charge is -2.12. The molecule has 1 aromatic carbocycles. The Balaban J connectivity index is 2.74. The number of phenols is 1. The van der Waals surface area contributed by atoms with E-state index in [9.17, 15) is 9.90 Å². The lowest BCUT2D eigenvalue weighted by atomic mass is 10.1. The van der Waals surface area contributed by atoms with E-state index < -0.39 is 25.8 Å². The van der Waals surface area contributed by atoms with Crippen LogP contribution in [0.1, 0.15) is 24.8 Å². The number of carbonyl (C=O) groups excluding carboxylic acids is 1. The summed E-state index contributed by atoms with van der Waals surface area (Å²) in [7, 11) is 0. The minimum atomic E-state index is -2.87. The molecule has 3 N–H and O–H groups in total. The minimum absolute atomic E-state index is 0.0293. The number of benzene rings is 1. The average Bonchev–Trinajstić information content (AvgIpc) is 2.35. The molecule has 0 unspecified atom stereocenters. The average molecular weight is 227 g/mol. The molecule has 0 saturated carbocycles. The quantitative estimate of drug-likeness (QED) is 0.731. The van der Waals surface area contributed by atoms with Gasteiger partial charge in [0, 0.05) is 12.4 Å². The molecule has 0 aromatic heterocycles. The van der Waals surface area contributed by atoms with Gasteiger partial charge in [0.05, 0.1) is 12.2 Å². The van der Waals surface area contributed by atoms with Gasteiger partial charge >= 0.3 is 0 Å². The largest absolute Gasteiger partial charge is 0.508 e. The summed E-state index contributed by atoms with van der Waals surface area (Å²) < 4.78 is 35.8. The molecule has 0 aliphatic rings. The van der Waals surface area contributed by atoms with E-state index in [1.54, 1.807) is 19.9 Å². The Morgan fingerprint density at radius 1 is 1.56 bits per heavy atom. The molecule has 0 fully saturated rings. The number of hydrogen-bond acceptors (Lipinski definition) is 3. The highest BCUT2D eigenvalue weighted by Crippen LogP contribution is 2.27. The first-order valence-corrected chi connectivity index (χ1v) is 4.80. The molecule has 0 spiro atoms. The Kier molecular flexibility index (Phi) is 2.38. The summed E-state index contributed by atoms with van der Waals surface area (Å²) in [6.07, 6.45) is 0. The SMILES string of the molecule is [2H]C([2H])([2H])C([2H])([2H])NCC(=O)Nc1c(C)ccc(O)c1C. The van der Waals surface area contributed by atoms with Crippen LogP contribution in [0.25, 0.3) is 0 Å². The zero-order valence-electron chi connectivity index (χ0n) is 14.2. The van der Waals surface area contributed by atoms with Crippen LogP contribution in [0.15, 0.2) is 12.1 Å². The minimum Gasteiger partial charge on any atom is -0.508 e. The predicted molar refractivity (Wildman–Crippen MR) is 64.8 cm³/mol. The van der Waals surface area contributed by atoms with Crippen molar-refractivity contribution in [3.63, 3.8) is 0 Å². The van der Waals surface area contributed by atoms with Gasteiger partial charge in [0.15, 0.2) is 0 Å². The van der Waals surface area contributed by atoms with E-state index in [2.05, 4.69) is 10.6 Å². The maximum atomic E-state index is 11.8. The highest BCUT2D eigenvalue weighted by molar-refractivity contribution is 5.94. The number of hydrogen-bond donors (Lipinski definition) is 3. The number of aromatic hydroxyl groups is 1. The van der Waals surface area contributed by atoms with Gasteiger partial charge in [0.1, 0.15) is 5.75 Å². The molecule has 0 aliphatic heterocycles. The molecule has 4 nitrogen and oxygen atoms in total. The van der Waals surface area contributed by atoms with Crippen molar-refractivity contribution in [3.8, 4) is 5.75 Å². The van der Waals surface area contributed by atoms with Crippen molar-refractivity contribution in [2.75, 3.05) is 18.4 Å². The number of amides is 1. The Hall–Kier alpha value is -1.55. The van der Waals surface area contributed by atoms with Crippen LogP contribution in [-0.4, -0.2) is 24.1 Å². The predicted octanol–water partition coefficient (Wildman–Crippen LogP) is 1.56. The standard InChI is InChI=1S/C12H18N2O2/c1-4-13-7-11(16)14-12-8(2)5-6-10(15)9(12)3/h5-6,13,15H,4,7H2,1-3H3,(H,14,16)/i1D3,4D2. The van der Waals surface area contributed by atoms with Crippen molar-refractivity contribution in [2.24, 2.45) is 0 Å². The Morgan fingerprint density at radius 3 is 3.00 bits per heavy atom. The molecular formula is C12H18N2O2. The molecule has 88 valence electrons. The smallest absolute Gasteiger partial charge is 0.238 e. The van der Waals surface area contributed by atoms with Gasteiger partial charge in [0.25, 0.3) is 0 Å². The normalized spacial score (nSPS) is 16.5. The van der Waals surface area contributed by atoms with Gasteiger partial charge in [0.2, 0.25) is 5.91 Å². The monoisotopic (exact) mass is 227 g/mol. The third-order valence-electron chi connectivity index (χ3n) is 2.25. The number of anilines is 1. The molecule has 1 aromatic rings. The van der Waals surface area contributed by atoms with Crippen LogP contribution < -0.4 is 10.6 Å². The van der Waals surface area contributed by atoms with Crippen molar-refractivity contribution >= 4 is 11.6 Å². The molecule has 0 bridgehead atoms. The second-order valence-corrected chi connectivity index (χ2v) is 3.43. The highest BCUT2D eigenvalue weighted by Gasteiger charge is 2.09. The van der Waals surface area contributed by atoms with Gasteiger partial charge in [-0.1, -0.05) is 12.9 Å². The van der Waals surface area contributed by atoms with E-state index >= 15 is 0 Å². The molecule has 0 aliphatic carbocycles. The Morgan fingerprint density at radius 2 is 2.31 bits per heavy atom. The molecule has 1 rings (SSSR count). The number of carbonyl (C=O) groups is 1. The number of nitrogens with one attached hydrogen (secondary N) is 2. The van der Waals surface area contributed by atoms with Gasteiger partial charge in [-0.25, -0.2) is 0 Å². The fourth-order valence-electron chi connectivity index (χ4n) is 1.34. The first kappa shape index (κ1) is 6.91. The van der Waals surface area contributed by atoms with Gasteiger partial charge in [-0.2, -0.15) is 0 Å². The summed E-state index contributed by atoms with van der Waals surface area (Å²) >= 11 is 0. The fourth-order valence-corrected chi connectivity index (χ4v) is 1.34. The van der Waals surface area contributed by atoms with Crippen LogP contribution in [0.4, 0.5) is 5.69 Å². The van der Waals surface area contributed by atoms with E-state index in [-0.39, 0.29) is 5.75 Å². The second kappa shape index (κ2) is 5.51. The van der Waals surface area contributed by atoms with Gasteiger partial charge in [-0.15, -0.1) is 0 Å². The van der Waals surface area contributed by atoms with Crippen molar-refractivity contribution in [3.05, 3.63) is 23.3 Å². The van der Waals surface area contributed by atoms with Crippen LogP contribution in [-0.2, 0) is 4.79 Å². The van der Waals surface area contributed by atoms with Gasteiger partial charge in [-0.05, 0) is 32.0 Å². The van der Waals surface area contributed by atoms with Crippen LogP contribution in [0.5, 0.6) is 5.75 Å². The van der Waals surface area contributed by atoms with E-state index in [1.165, 1.54) is 6.07 Å². The molecule has 1 amide bonds. The first-order chi connectivity index (χ1) is 9.45. The van der Waals surface area contributed by atoms with Crippen molar-refractivity contribution in [1.82, 2.24) is 5.32 Å². The number of phenolic OH excluding ortho intramolecular Hbond substituents is 1. The van der Waals surface area contributed by atoms with Crippen LogP contribution >= 0.6 is 0 Å². The molecule has 0 atom stereocenters. The van der Waals surface area contributed by atoms with Crippen molar-refractivity contribution < 1.29 is 16.8 Å². The molecule has 4 heteroatoms. The lowest BCUT2D eigenvalue weighted by molar-refractivity contribution is -0.115. The van der Waals surface area contributed by atoms with Crippen molar-refractivity contribution in [2.45, 2.75) is 20.7 Å². The van der Waals surface area contributed by atoms with E-state index in [4.69, 9.17) is 6.85 Å². The number of likely N-dealkylation sites (N-methyl/N-ethyl adjacent to an activating group) is 1. The topological polar surface area (TPSA) is 61.4 Å². The summed E-state index contributed by atoms with van der Waals surface area (Å²) in [4.78, 5) is 11.8. The second-order valence-electron chi connectivity index (χ2n) is 3.43. The van der Waals surface area contributed by atoms with Gasteiger partial charge in [-0.3, -0.25) is 4.79 Å². The van der Waals surface area contributed by atoms with Crippen LogP contribution in [0, 0.1) is 13.8 Å². The third-order valence-corrected chi connectivity index (χ3v) is 2.25. The highest BCUT2D eigenvalue weighted by atomic mass is 16.3. The van der Waals surface area contributed by atoms with E-state index in [1.807, 2.05) is 0 Å². The Labute approximate surface area is 103 Å². The molecule has 16 heavy (non-hydrogen) atoms. The third kappa shape index (κ3) is 2.97. The zero-order valence-corrected chi connectivity index (χ0v) is 9.22. The molecule has 0 saturated heterocycles. The van der Waals surface area contributed by atoms with E-state index in [0.717, 1.165) is 5.56 Å².